The molecule has 0 spiro atoms. The molecule has 0 radical (unpaired) electrons. The van der Waals surface area contributed by atoms with Crippen LogP contribution in [0.4, 0.5) is 10.5 Å². The van der Waals surface area contributed by atoms with Gasteiger partial charge in [0.2, 0.25) is 0 Å². The summed E-state index contributed by atoms with van der Waals surface area (Å²) < 4.78 is 11.4. The van der Waals surface area contributed by atoms with Crippen LogP contribution < -0.4 is 10.2 Å². The highest BCUT2D eigenvalue weighted by atomic mass is 35.5. The fourth-order valence-electron chi connectivity index (χ4n) is 4.31. The molecule has 5 rings (SSSR count). The summed E-state index contributed by atoms with van der Waals surface area (Å²) in [5.41, 5.74) is 1.64. The molecule has 1 unspecified atom stereocenters. The zero-order valence-electron chi connectivity index (χ0n) is 17.4. The van der Waals surface area contributed by atoms with Gasteiger partial charge in [0.15, 0.2) is 0 Å². The monoisotopic (exact) mass is 477 g/mol. The third-order valence-electron chi connectivity index (χ3n) is 6.30. The van der Waals surface area contributed by atoms with Gasteiger partial charge in [-0.15, -0.1) is 11.3 Å². The van der Waals surface area contributed by atoms with Crippen molar-refractivity contribution in [3.05, 3.63) is 45.1 Å². The number of rotatable bonds is 7. The van der Waals surface area contributed by atoms with Crippen LogP contribution in [0.15, 0.2) is 30.3 Å². The van der Waals surface area contributed by atoms with E-state index in [2.05, 4.69) is 5.32 Å². The molecule has 2 aromatic rings. The molecule has 170 valence electrons. The molecule has 3 aliphatic rings. The van der Waals surface area contributed by atoms with Gasteiger partial charge in [-0.1, -0.05) is 17.7 Å². The third kappa shape index (κ3) is 4.24. The van der Waals surface area contributed by atoms with Crippen molar-refractivity contribution in [2.45, 2.75) is 24.4 Å². The van der Waals surface area contributed by atoms with Gasteiger partial charge in [-0.3, -0.25) is 4.79 Å². The highest BCUT2D eigenvalue weighted by Gasteiger charge is 2.47. The minimum atomic E-state index is -0.258. The van der Waals surface area contributed by atoms with Gasteiger partial charge in [-0.25, -0.2) is 4.79 Å². The summed E-state index contributed by atoms with van der Waals surface area (Å²) in [5, 5.41) is 13.6. The summed E-state index contributed by atoms with van der Waals surface area (Å²) in [5.74, 6) is 0.0204. The number of benzene rings is 1. The van der Waals surface area contributed by atoms with Crippen LogP contribution in [-0.2, 0) is 14.9 Å². The van der Waals surface area contributed by atoms with E-state index in [4.69, 9.17) is 21.1 Å². The van der Waals surface area contributed by atoms with Crippen LogP contribution in [0, 0.1) is 0 Å². The largest absolute Gasteiger partial charge is 0.506 e. The number of hydrogen-bond donors (Lipinski definition) is 2. The number of carbonyl (C=O) groups excluding carboxylic acids is 2. The number of hydrogen-bond acceptors (Lipinski definition) is 7. The van der Waals surface area contributed by atoms with Gasteiger partial charge in [0.1, 0.15) is 19.1 Å². The quantitative estimate of drug-likeness (QED) is 0.636. The molecule has 8 nitrogen and oxygen atoms in total. The van der Waals surface area contributed by atoms with Crippen LogP contribution in [-0.4, -0.2) is 67.6 Å². The number of nitrogens with zero attached hydrogens (tertiary/aromatic N) is 2. The zero-order chi connectivity index (χ0) is 22.3. The molecular weight excluding hydrogens is 454 g/mol. The minimum absolute atomic E-state index is 0.0988. The molecule has 3 fully saturated rings. The van der Waals surface area contributed by atoms with Gasteiger partial charge in [0.25, 0.3) is 5.91 Å². The molecule has 2 saturated heterocycles. The smallest absolute Gasteiger partial charge is 0.409 e. The molecule has 2 amide bonds. The second kappa shape index (κ2) is 8.46. The topological polar surface area (TPSA) is 91.3 Å². The van der Waals surface area contributed by atoms with Crippen molar-refractivity contribution < 1.29 is 24.2 Å². The maximum absolute atomic E-state index is 12.2. The molecule has 1 aromatic heterocycles. The maximum atomic E-state index is 12.2. The van der Waals surface area contributed by atoms with Crippen molar-refractivity contribution in [3.63, 3.8) is 0 Å². The predicted octanol–water partition coefficient (Wildman–Crippen LogP) is 3.18. The van der Waals surface area contributed by atoms with Crippen LogP contribution in [0.3, 0.4) is 0 Å². The predicted molar refractivity (Wildman–Crippen MR) is 121 cm³/mol. The van der Waals surface area contributed by atoms with E-state index in [0.29, 0.717) is 54.4 Å². The van der Waals surface area contributed by atoms with Gasteiger partial charge in [0.05, 0.1) is 27.5 Å². The molecule has 0 bridgehead atoms. The van der Waals surface area contributed by atoms with Crippen molar-refractivity contribution in [3.8, 4) is 5.75 Å². The molecule has 1 aromatic carbocycles. The number of phenolic OH excluding ortho intramolecular Hbond substituents is 1. The Bertz CT molecular complexity index is 1040. The van der Waals surface area contributed by atoms with Crippen LogP contribution in [0.5, 0.6) is 5.75 Å². The summed E-state index contributed by atoms with van der Waals surface area (Å²) >= 11 is 7.12. The Balaban J connectivity index is 1.19. The number of cyclic esters (lactones) is 1. The molecule has 2 N–H and O–H groups in total. The normalized spacial score (nSPS) is 21.7. The first-order valence-electron chi connectivity index (χ1n) is 10.6. The Kier molecular flexibility index (Phi) is 5.65. The lowest BCUT2D eigenvalue weighted by Gasteiger charge is -2.24. The van der Waals surface area contributed by atoms with E-state index >= 15 is 0 Å². The SMILES string of the molecule is O=C(NCC1CN(c2ccc(C3(CN4CCOC4=O)CC3)cc2O)CO1)c1ccc(Cl)s1. The number of amides is 2. The lowest BCUT2D eigenvalue weighted by molar-refractivity contribution is 0.0875. The van der Waals surface area contributed by atoms with E-state index in [0.717, 1.165) is 18.4 Å². The van der Waals surface area contributed by atoms with Gasteiger partial charge in [-0.05, 0) is 42.7 Å². The number of anilines is 1. The molecule has 1 atom stereocenters. The highest BCUT2D eigenvalue weighted by molar-refractivity contribution is 7.18. The standard InChI is InChI=1S/C22H24ClN3O5S/c23-19-4-3-18(32-19)20(28)24-10-15-11-26(13-31-15)16-2-1-14(9-17(16)27)22(5-6-22)12-25-7-8-30-21(25)29/h1-4,9,15,27H,5-8,10-13H2,(H,24,28). The third-order valence-corrected chi connectivity index (χ3v) is 7.53. The van der Waals surface area contributed by atoms with Gasteiger partial charge in [-0.2, -0.15) is 0 Å². The molecule has 3 heterocycles. The molecule has 10 heteroatoms. The number of carbonyl (C=O) groups is 2. The fraction of sp³-hybridized carbons (Fsp3) is 0.455. The number of thiophene rings is 1. The van der Waals surface area contributed by atoms with E-state index < -0.39 is 0 Å². The van der Waals surface area contributed by atoms with Crippen LogP contribution in [0.1, 0.15) is 28.1 Å². The average molecular weight is 478 g/mol. The molecule has 1 aliphatic carbocycles. The summed E-state index contributed by atoms with van der Waals surface area (Å²) in [6.07, 6.45) is 1.54. The second-order valence-electron chi connectivity index (χ2n) is 8.47. The van der Waals surface area contributed by atoms with Crippen LogP contribution in [0.2, 0.25) is 4.34 Å². The van der Waals surface area contributed by atoms with Crippen molar-refractivity contribution in [2.24, 2.45) is 0 Å². The fourth-order valence-corrected chi connectivity index (χ4v) is 5.27. The Hall–Kier alpha value is -2.49. The van der Waals surface area contributed by atoms with Crippen molar-refractivity contribution in [1.82, 2.24) is 10.2 Å². The molecular formula is C22H24ClN3O5S. The Morgan fingerprint density at radius 1 is 1.31 bits per heavy atom. The second-order valence-corrected chi connectivity index (χ2v) is 10.2. The van der Waals surface area contributed by atoms with Crippen LogP contribution in [0.25, 0.3) is 0 Å². The number of ether oxygens (including phenoxy) is 2. The summed E-state index contributed by atoms with van der Waals surface area (Å²) in [6.45, 7) is 2.95. The zero-order valence-corrected chi connectivity index (χ0v) is 19.0. The number of halogens is 1. The summed E-state index contributed by atoms with van der Waals surface area (Å²) in [4.78, 5) is 28.3. The first-order chi connectivity index (χ1) is 15.4. The lowest BCUT2D eigenvalue weighted by Crippen LogP contribution is -2.34. The lowest BCUT2D eigenvalue weighted by atomic mass is 9.94. The van der Waals surface area contributed by atoms with E-state index in [1.54, 1.807) is 23.1 Å². The molecule has 32 heavy (non-hydrogen) atoms. The average Bonchev–Trinajstić information content (AvgIpc) is 3.09. The number of aromatic hydroxyl groups is 1. The Morgan fingerprint density at radius 3 is 2.81 bits per heavy atom. The van der Waals surface area contributed by atoms with Crippen LogP contribution >= 0.6 is 22.9 Å². The van der Waals surface area contributed by atoms with E-state index in [-0.39, 0.29) is 29.3 Å². The number of nitrogens with one attached hydrogen (secondary N) is 1. The van der Waals surface area contributed by atoms with E-state index in [1.165, 1.54) is 11.3 Å². The Morgan fingerprint density at radius 2 is 2.16 bits per heavy atom. The first kappa shape index (κ1) is 21.4. The molecule has 1 saturated carbocycles. The Labute approximate surface area is 194 Å². The van der Waals surface area contributed by atoms with Crippen molar-refractivity contribution in [2.75, 3.05) is 44.4 Å². The summed E-state index contributed by atoms with van der Waals surface area (Å²) in [6, 6.07) is 9.14. The first-order valence-corrected chi connectivity index (χ1v) is 11.8. The summed E-state index contributed by atoms with van der Waals surface area (Å²) in [7, 11) is 0. The van der Waals surface area contributed by atoms with E-state index in [9.17, 15) is 14.7 Å². The van der Waals surface area contributed by atoms with Gasteiger partial charge in [0, 0.05) is 25.0 Å². The highest BCUT2D eigenvalue weighted by Crippen LogP contribution is 2.50. The minimum Gasteiger partial charge on any atom is -0.506 e. The van der Waals surface area contributed by atoms with Gasteiger partial charge >= 0.3 is 6.09 Å². The molecule has 2 aliphatic heterocycles. The maximum Gasteiger partial charge on any atom is 0.409 e. The van der Waals surface area contributed by atoms with Crippen molar-refractivity contribution >= 4 is 40.6 Å². The number of phenols is 1. The van der Waals surface area contributed by atoms with Crippen molar-refractivity contribution in [1.29, 1.82) is 0 Å². The van der Waals surface area contributed by atoms with E-state index in [1.807, 2.05) is 17.0 Å². The van der Waals surface area contributed by atoms with Gasteiger partial charge < -0.3 is 29.7 Å².